The van der Waals surface area contributed by atoms with E-state index in [0.29, 0.717) is 0 Å². The monoisotopic (exact) mass is 218 g/mol. The van der Waals surface area contributed by atoms with Crippen molar-refractivity contribution < 1.29 is 5.11 Å². The SMILES string of the molecule is CC(CO)NCc1cn(C)c2ccccc12. The molecule has 0 bridgehead atoms. The molecule has 0 fully saturated rings. The molecule has 0 saturated carbocycles. The molecule has 1 heterocycles. The third-order valence-electron chi connectivity index (χ3n) is 2.89. The Hall–Kier alpha value is -1.32. The van der Waals surface area contributed by atoms with Gasteiger partial charge in [0.25, 0.3) is 0 Å². The van der Waals surface area contributed by atoms with Gasteiger partial charge in [-0.1, -0.05) is 18.2 Å². The maximum absolute atomic E-state index is 8.96. The lowest BCUT2D eigenvalue weighted by Crippen LogP contribution is -2.28. The summed E-state index contributed by atoms with van der Waals surface area (Å²) in [7, 11) is 2.06. The van der Waals surface area contributed by atoms with Crippen molar-refractivity contribution in [2.45, 2.75) is 19.5 Å². The number of hydrogen-bond donors (Lipinski definition) is 2. The van der Waals surface area contributed by atoms with Gasteiger partial charge in [-0.05, 0) is 18.6 Å². The number of aromatic nitrogens is 1. The summed E-state index contributed by atoms with van der Waals surface area (Å²) in [5, 5.41) is 13.5. The van der Waals surface area contributed by atoms with Crippen LogP contribution in [0.3, 0.4) is 0 Å². The van der Waals surface area contributed by atoms with Gasteiger partial charge in [0, 0.05) is 36.7 Å². The highest BCUT2D eigenvalue weighted by atomic mass is 16.3. The second kappa shape index (κ2) is 4.68. The number of rotatable bonds is 4. The predicted molar refractivity (Wildman–Crippen MR) is 66.3 cm³/mol. The summed E-state index contributed by atoms with van der Waals surface area (Å²) in [5.41, 5.74) is 2.52. The van der Waals surface area contributed by atoms with E-state index in [1.807, 2.05) is 6.92 Å². The number of aliphatic hydroxyl groups is 1. The average molecular weight is 218 g/mol. The van der Waals surface area contributed by atoms with Crippen LogP contribution in [0.4, 0.5) is 0 Å². The lowest BCUT2D eigenvalue weighted by molar-refractivity contribution is 0.251. The van der Waals surface area contributed by atoms with E-state index in [-0.39, 0.29) is 12.6 Å². The first-order valence-corrected chi connectivity index (χ1v) is 5.59. The highest BCUT2D eigenvalue weighted by molar-refractivity contribution is 5.83. The summed E-state index contributed by atoms with van der Waals surface area (Å²) in [4.78, 5) is 0. The second-order valence-corrected chi connectivity index (χ2v) is 4.25. The molecule has 1 unspecified atom stereocenters. The summed E-state index contributed by atoms with van der Waals surface area (Å²) in [6, 6.07) is 8.50. The zero-order valence-corrected chi connectivity index (χ0v) is 9.77. The van der Waals surface area contributed by atoms with Gasteiger partial charge in [-0.2, -0.15) is 0 Å². The Morgan fingerprint density at radius 3 is 2.88 bits per heavy atom. The number of aryl methyl sites for hydroxylation is 1. The standard InChI is InChI=1S/C13H18N2O/c1-10(9-16)14-7-11-8-15(2)13-6-4-3-5-12(11)13/h3-6,8,10,14,16H,7,9H2,1-2H3. The third kappa shape index (κ3) is 2.10. The Morgan fingerprint density at radius 1 is 1.38 bits per heavy atom. The largest absolute Gasteiger partial charge is 0.395 e. The lowest BCUT2D eigenvalue weighted by Gasteiger charge is -2.09. The molecule has 2 aromatic rings. The molecule has 16 heavy (non-hydrogen) atoms. The molecular formula is C13H18N2O. The van der Waals surface area contributed by atoms with E-state index >= 15 is 0 Å². The van der Waals surface area contributed by atoms with Crippen LogP contribution in [-0.2, 0) is 13.6 Å². The van der Waals surface area contributed by atoms with Crippen LogP contribution < -0.4 is 5.32 Å². The van der Waals surface area contributed by atoms with Crippen molar-refractivity contribution in [1.29, 1.82) is 0 Å². The summed E-state index contributed by atoms with van der Waals surface area (Å²) in [6.07, 6.45) is 2.14. The van der Waals surface area contributed by atoms with Crippen LogP contribution in [0.1, 0.15) is 12.5 Å². The van der Waals surface area contributed by atoms with Crippen molar-refractivity contribution in [3.63, 3.8) is 0 Å². The normalized spacial score (nSPS) is 13.2. The number of para-hydroxylation sites is 1. The Bertz CT molecular complexity index is 476. The zero-order chi connectivity index (χ0) is 11.5. The molecule has 0 radical (unpaired) electrons. The molecule has 1 aromatic carbocycles. The van der Waals surface area contributed by atoms with Gasteiger partial charge >= 0.3 is 0 Å². The Morgan fingerprint density at radius 2 is 2.12 bits per heavy atom. The minimum absolute atomic E-state index is 0.138. The van der Waals surface area contributed by atoms with Crippen molar-refractivity contribution in [1.82, 2.24) is 9.88 Å². The van der Waals surface area contributed by atoms with E-state index in [9.17, 15) is 0 Å². The molecule has 0 spiro atoms. The van der Waals surface area contributed by atoms with Crippen LogP contribution in [0.15, 0.2) is 30.5 Å². The Kier molecular flexibility index (Phi) is 3.27. The first-order chi connectivity index (χ1) is 7.72. The smallest absolute Gasteiger partial charge is 0.0582 e. The molecule has 0 amide bonds. The van der Waals surface area contributed by atoms with Crippen molar-refractivity contribution in [2.75, 3.05) is 6.61 Å². The van der Waals surface area contributed by atoms with Crippen LogP contribution in [-0.4, -0.2) is 22.3 Å². The molecule has 0 saturated heterocycles. The van der Waals surface area contributed by atoms with E-state index in [1.54, 1.807) is 0 Å². The average Bonchev–Trinajstić information content (AvgIpc) is 2.64. The maximum atomic E-state index is 8.96. The molecule has 1 atom stereocenters. The predicted octanol–water partition coefficient (Wildman–Crippen LogP) is 1.65. The molecule has 0 aliphatic rings. The topological polar surface area (TPSA) is 37.2 Å². The fraction of sp³-hybridized carbons (Fsp3) is 0.385. The fourth-order valence-corrected chi connectivity index (χ4v) is 1.92. The van der Waals surface area contributed by atoms with Gasteiger partial charge in [0.1, 0.15) is 0 Å². The molecule has 2 rings (SSSR count). The van der Waals surface area contributed by atoms with Gasteiger partial charge in [0.15, 0.2) is 0 Å². The molecule has 2 N–H and O–H groups in total. The van der Waals surface area contributed by atoms with Gasteiger partial charge < -0.3 is 15.0 Å². The number of hydrogen-bond acceptors (Lipinski definition) is 2. The summed E-state index contributed by atoms with van der Waals surface area (Å²) < 4.78 is 2.13. The van der Waals surface area contributed by atoms with Gasteiger partial charge in [0.05, 0.1) is 6.61 Å². The minimum atomic E-state index is 0.138. The quantitative estimate of drug-likeness (QED) is 0.818. The number of fused-ring (bicyclic) bond motifs is 1. The van der Waals surface area contributed by atoms with Crippen LogP contribution in [0.2, 0.25) is 0 Å². The fourth-order valence-electron chi connectivity index (χ4n) is 1.92. The van der Waals surface area contributed by atoms with Crippen LogP contribution in [0.25, 0.3) is 10.9 Å². The van der Waals surface area contributed by atoms with Crippen molar-refractivity contribution in [3.8, 4) is 0 Å². The number of nitrogens with one attached hydrogen (secondary N) is 1. The van der Waals surface area contributed by atoms with E-state index < -0.39 is 0 Å². The first kappa shape index (κ1) is 11.2. The summed E-state index contributed by atoms with van der Waals surface area (Å²) >= 11 is 0. The molecule has 0 aliphatic heterocycles. The maximum Gasteiger partial charge on any atom is 0.0582 e. The van der Waals surface area contributed by atoms with E-state index in [0.717, 1.165) is 6.54 Å². The summed E-state index contributed by atoms with van der Waals surface area (Å²) in [5.74, 6) is 0. The molecule has 86 valence electrons. The highest BCUT2D eigenvalue weighted by Crippen LogP contribution is 2.19. The Labute approximate surface area is 95.7 Å². The van der Waals surface area contributed by atoms with Gasteiger partial charge in [0.2, 0.25) is 0 Å². The third-order valence-corrected chi connectivity index (χ3v) is 2.89. The van der Waals surface area contributed by atoms with Gasteiger partial charge in [-0.25, -0.2) is 0 Å². The zero-order valence-electron chi connectivity index (χ0n) is 9.77. The molecule has 1 aromatic heterocycles. The number of benzene rings is 1. The Balaban J connectivity index is 2.24. The molecule has 0 aliphatic carbocycles. The van der Waals surface area contributed by atoms with Crippen LogP contribution in [0.5, 0.6) is 0 Å². The molecular weight excluding hydrogens is 200 g/mol. The minimum Gasteiger partial charge on any atom is -0.395 e. The van der Waals surface area contributed by atoms with Crippen LogP contribution in [0, 0.1) is 0 Å². The summed E-state index contributed by atoms with van der Waals surface area (Å²) in [6.45, 7) is 2.94. The van der Waals surface area contributed by atoms with E-state index in [2.05, 4.69) is 47.4 Å². The second-order valence-electron chi connectivity index (χ2n) is 4.25. The molecule has 3 heteroatoms. The number of nitrogens with zero attached hydrogens (tertiary/aromatic N) is 1. The van der Waals surface area contributed by atoms with Crippen LogP contribution >= 0.6 is 0 Å². The number of aliphatic hydroxyl groups excluding tert-OH is 1. The van der Waals surface area contributed by atoms with E-state index in [4.69, 9.17) is 5.11 Å². The van der Waals surface area contributed by atoms with Crippen molar-refractivity contribution in [3.05, 3.63) is 36.0 Å². The van der Waals surface area contributed by atoms with E-state index in [1.165, 1.54) is 16.5 Å². The van der Waals surface area contributed by atoms with Gasteiger partial charge in [-0.15, -0.1) is 0 Å². The van der Waals surface area contributed by atoms with Gasteiger partial charge in [-0.3, -0.25) is 0 Å². The van der Waals surface area contributed by atoms with Crippen molar-refractivity contribution in [2.24, 2.45) is 7.05 Å². The highest BCUT2D eigenvalue weighted by Gasteiger charge is 2.06. The van der Waals surface area contributed by atoms with Crippen molar-refractivity contribution >= 4 is 10.9 Å². The lowest BCUT2D eigenvalue weighted by atomic mass is 10.1. The molecule has 3 nitrogen and oxygen atoms in total. The first-order valence-electron chi connectivity index (χ1n) is 5.59.